The summed E-state index contributed by atoms with van der Waals surface area (Å²) >= 11 is 0. The summed E-state index contributed by atoms with van der Waals surface area (Å²) < 4.78 is 0. The molecule has 0 saturated carbocycles. The third kappa shape index (κ3) is 5.33. The molecule has 120 valence electrons. The Morgan fingerprint density at radius 2 is 1.96 bits per heavy atom. The predicted octanol–water partition coefficient (Wildman–Crippen LogP) is 4.05. The van der Waals surface area contributed by atoms with Crippen LogP contribution >= 0.6 is 0 Å². The molecule has 2 aromatic rings. The number of rotatable bonds is 6. The fourth-order valence-corrected chi connectivity index (χ4v) is 2.18. The van der Waals surface area contributed by atoms with Crippen LogP contribution in [0.2, 0.25) is 0 Å². The second kappa shape index (κ2) is 8.22. The van der Waals surface area contributed by atoms with Gasteiger partial charge >= 0.3 is 0 Å². The van der Waals surface area contributed by atoms with Gasteiger partial charge in [-0.25, -0.2) is 4.98 Å². The normalized spacial score (nSPS) is 11.3. The fraction of sp³-hybridized carbons (Fsp3) is 0.316. The molecule has 2 aromatic heterocycles. The zero-order chi connectivity index (χ0) is 16.7. The van der Waals surface area contributed by atoms with E-state index in [-0.39, 0.29) is 5.91 Å². The van der Waals surface area contributed by atoms with Crippen molar-refractivity contribution in [3.63, 3.8) is 0 Å². The summed E-state index contributed by atoms with van der Waals surface area (Å²) in [5.74, 6) is -0.163. The molecule has 0 fully saturated rings. The number of carbonyl (C=O) groups is 1. The lowest BCUT2D eigenvalue weighted by Crippen LogP contribution is -2.24. The van der Waals surface area contributed by atoms with Crippen molar-refractivity contribution < 1.29 is 4.79 Å². The van der Waals surface area contributed by atoms with Crippen LogP contribution in [0.1, 0.15) is 44.1 Å². The molecule has 2 heterocycles. The van der Waals surface area contributed by atoms with E-state index in [4.69, 9.17) is 0 Å². The van der Waals surface area contributed by atoms with Gasteiger partial charge in [-0.05, 0) is 57.9 Å². The van der Waals surface area contributed by atoms with Crippen LogP contribution in [0.25, 0.3) is 11.0 Å². The summed E-state index contributed by atoms with van der Waals surface area (Å²) in [6, 6.07) is 7.19. The number of nitrogens with one attached hydrogen (secondary N) is 1. The second-order valence-electron chi connectivity index (χ2n) is 5.82. The first-order valence-corrected chi connectivity index (χ1v) is 7.85. The van der Waals surface area contributed by atoms with Crippen LogP contribution in [-0.4, -0.2) is 22.4 Å². The third-order valence-electron chi connectivity index (χ3n) is 3.49. The Morgan fingerprint density at radius 3 is 2.74 bits per heavy atom. The highest BCUT2D eigenvalue weighted by Crippen LogP contribution is 2.09. The van der Waals surface area contributed by atoms with Gasteiger partial charge in [-0.3, -0.25) is 9.78 Å². The van der Waals surface area contributed by atoms with Crippen LogP contribution in [0.5, 0.6) is 0 Å². The number of nitrogens with zero attached hydrogens (tertiary/aromatic N) is 2. The van der Waals surface area contributed by atoms with Crippen molar-refractivity contribution in [2.75, 3.05) is 6.54 Å². The quantitative estimate of drug-likeness (QED) is 0.819. The molecule has 1 N–H and O–H groups in total. The number of carbonyl (C=O) groups excluding carboxylic acids is 1. The predicted molar refractivity (Wildman–Crippen MR) is 94.3 cm³/mol. The van der Waals surface area contributed by atoms with E-state index < -0.39 is 0 Å². The van der Waals surface area contributed by atoms with E-state index in [1.165, 1.54) is 11.1 Å². The van der Waals surface area contributed by atoms with Crippen LogP contribution in [0.4, 0.5) is 0 Å². The van der Waals surface area contributed by atoms with Crippen molar-refractivity contribution in [1.82, 2.24) is 15.3 Å². The minimum atomic E-state index is -0.163. The lowest BCUT2D eigenvalue weighted by Gasteiger charge is -2.04. The number of fused-ring (bicyclic) bond motifs is 1. The molecule has 0 atom stereocenters. The number of aromatic nitrogens is 2. The highest BCUT2D eigenvalue weighted by molar-refractivity contribution is 5.94. The molecule has 0 unspecified atom stereocenters. The van der Waals surface area contributed by atoms with Gasteiger partial charge < -0.3 is 5.32 Å². The molecule has 4 heteroatoms. The molecule has 2 rings (SSSR count). The van der Waals surface area contributed by atoms with Crippen LogP contribution < -0.4 is 5.32 Å². The molecule has 0 saturated heterocycles. The standard InChI is InChI=1S/C19H23N3O/c1-14(2)6-4-7-15(3)11-13-21-19(23)18-10-9-16-17(22-18)8-5-12-20-16/h5-6,8-12H,4,7,13H2,1-3H3,(H,21,23). The lowest BCUT2D eigenvalue weighted by atomic mass is 10.1. The topological polar surface area (TPSA) is 54.9 Å². The Morgan fingerprint density at radius 1 is 1.13 bits per heavy atom. The van der Waals surface area contributed by atoms with E-state index in [0.717, 1.165) is 23.9 Å². The summed E-state index contributed by atoms with van der Waals surface area (Å²) in [7, 11) is 0. The maximum absolute atomic E-state index is 12.1. The Hall–Kier alpha value is -2.49. The molecule has 0 aliphatic heterocycles. The Balaban J connectivity index is 1.89. The van der Waals surface area contributed by atoms with Crippen LogP contribution in [0.3, 0.4) is 0 Å². The molecule has 1 amide bonds. The minimum Gasteiger partial charge on any atom is -0.347 e. The molecule has 0 spiro atoms. The summed E-state index contributed by atoms with van der Waals surface area (Å²) in [5.41, 5.74) is 4.55. The molecular formula is C19H23N3O. The van der Waals surface area contributed by atoms with E-state index in [1.807, 2.05) is 18.2 Å². The van der Waals surface area contributed by atoms with Crippen molar-refractivity contribution in [1.29, 1.82) is 0 Å². The number of allylic oxidation sites excluding steroid dienone is 3. The van der Waals surface area contributed by atoms with Gasteiger partial charge in [0.15, 0.2) is 0 Å². The average molecular weight is 309 g/mol. The first-order valence-electron chi connectivity index (χ1n) is 7.85. The van der Waals surface area contributed by atoms with Crippen molar-refractivity contribution in [3.05, 3.63) is 59.5 Å². The molecule has 0 radical (unpaired) electrons. The molecule has 0 aromatic carbocycles. The molecule has 0 aliphatic rings. The van der Waals surface area contributed by atoms with Crippen molar-refractivity contribution in [2.45, 2.75) is 33.6 Å². The van der Waals surface area contributed by atoms with Gasteiger partial charge in [0.1, 0.15) is 5.69 Å². The summed E-state index contributed by atoms with van der Waals surface area (Å²) in [5, 5.41) is 2.88. The van der Waals surface area contributed by atoms with Gasteiger partial charge in [0.25, 0.3) is 5.91 Å². The summed E-state index contributed by atoms with van der Waals surface area (Å²) in [6.07, 6.45) is 8.05. The Bertz CT molecular complexity index is 743. The largest absolute Gasteiger partial charge is 0.347 e. The highest BCUT2D eigenvalue weighted by atomic mass is 16.1. The molecule has 0 aliphatic carbocycles. The Labute approximate surface area is 137 Å². The van der Waals surface area contributed by atoms with Crippen LogP contribution in [0, 0.1) is 0 Å². The van der Waals surface area contributed by atoms with E-state index in [0.29, 0.717) is 12.2 Å². The monoisotopic (exact) mass is 309 g/mol. The zero-order valence-electron chi connectivity index (χ0n) is 14.0. The first-order chi connectivity index (χ1) is 11.1. The SMILES string of the molecule is CC(C)=CCCC(C)=CCNC(=O)c1ccc2ncccc2n1. The van der Waals surface area contributed by atoms with Gasteiger partial charge in [0.05, 0.1) is 11.0 Å². The molecule has 0 bridgehead atoms. The third-order valence-corrected chi connectivity index (χ3v) is 3.49. The van der Waals surface area contributed by atoms with Gasteiger partial charge in [0, 0.05) is 12.7 Å². The number of amides is 1. The smallest absolute Gasteiger partial charge is 0.270 e. The van der Waals surface area contributed by atoms with Crippen LogP contribution in [-0.2, 0) is 0 Å². The first kappa shape index (κ1) is 16.9. The number of hydrogen-bond acceptors (Lipinski definition) is 3. The highest BCUT2D eigenvalue weighted by Gasteiger charge is 2.07. The minimum absolute atomic E-state index is 0.163. The number of hydrogen-bond donors (Lipinski definition) is 1. The summed E-state index contributed by atoms with van der Waals surface area (Å²) in [6.45, 7) is 6.81. The van der Waals surface area contributed by atoms with E-state index in [2.05, 4.69) is 48.2 Å². The zero-order valence-corrected chi connectivity index (χ0v) is 14.0. The van der Waals surface area contributed by atoms with Crippen molar-refractivity contribution in [3.8, 4) is 0 Å². The van der Waals surface area contributed by atoms with Gasteiger partial charge in [-0.2, -0.15) is 0 Å². The van der Waals surface area contributed by atoms with Gasteiger partial charge in [-0.1, -0.05) is 23.3 Å². The molecule has 23 heavy (non-hydrogen) atoms. The Kier molecular flexibility index (Phi) is 6.03. The van der Waals surface area contributed by atoms with Crippen LogP contribution in [0.15, 0.2) is 53.8 Å². The van der Waals surface area contributed by atoms with Crippen molar-refractivity contribution >= 4 is 16.9 Å². The van der Waals surface area contributed by atoms with Gasteiger partial charge in [-0.15, -0.1) is 0 Å². The number of pyridine rings is 2. The van der Waals surface area contributed by atoms with Gasteiger partial charge in [0.2, 0.25) is 0 Å². The molecule has 4 nitrogen and oxygen atoms in total. The fourth-order valence-electron chi connectivity index (χ4n) is 2.18. The van der Waals surface area contributed by atoms with E-state index >= 15 is 0 Å². The van der Waals surface area contributed by atoms with Crippen molar-refractivity contribution in [2.24, 2.45) is 0 Å². The maximum Gasteiger partial charge on any atom is 0.270 e. The lowest BCUT2D eigenvalue weighted by molar-refractivity contribution is 0.0953. The second-order valence-corrected chi connectivity index (χ2v) is 5.82. The summed E-state index contributed by atoms with van der Waals surface area (Å²) in [4.78, 5) is 20.7. The van der Waals surface area contributed by atoms with E-state index in [1.54, 1.807) is 12.3 Å². The molecular weight excluding hydrogens is 286 g/mol. The van der Waals surface area contributed by atoms with E-state index in [9.17, 15) is 4.79 Å². The maximum atomic E-state index is 12.1. The average Bonchev–Trinajstić information content (AvgIpc) is 2.54.